The lowest BCUT2D eigenvalue weighted by Crippen LogP contribution is -2.49. The van der Waals surface area contributed by atoms with Crippen molar-refractivity contribution in [1.82, 2.24) is 4.90 Å². The molecular formula is C23H31N3O2. The number of carbonyl (C=O) groups excluding carboxylic acids is 1. The lowest BCUT2D eigenvalue weighted by molar-refractivity contribution is -0.131. The summed E-state index contributed by atoms with van der Waals surface area (Å²) in [5.41, 5.74) is 3.45. The third-order valence-electron chi connectivity index (χ3n) is 4.90. The first kappa shape index (κ1) is 20.1. The van der Waals surface area contributed by atoms with Crippen molar-refractivity contribution in [3.8, 4) is 5.75 Å². The normalized spacial score (nSPS) is 14.3. The van der Waals surface area contributed by atoms with Gasteiger partial charge in [-0.15, -0.1) is 0 Å². The van der Waals surface area contributed by atoms with Gasteiger partial charge >= 0.3 is 0 Å². The fourth-order valence-corrected chi connectivity index (χ4v) is 3.47. The van der Waals surface area contributed by atoms with Crippen LogP contribution in [0.2, 0.25) is 0 Å². The maximum Gasteiger partial charge on any atom is 0.224 e. The van der Waals surface area contributed by atoms with Crippen molar-refractivity contribution in [3.05, 3.63) is 54.1 Å². The third-order valence-corrected chi connectivity index (χ3v) is 4.90. The predicted molar refractivity (Wildman–Crippen MR) is 115 cm³/mol. The Morgan fingerprint density at radius 2 is 1.82 bits per heavy atom. The molecule has 1 heterocycles. The van der Waals surface area contributed by atoms with Gasteiger partial charge in [0.05, 0.1) is 11.8 Å². The van der Waals surface area contributed by atoms with Gasteiger partial charge in [0.25, 0.3) is 0 Å². The molecule has 1 aliphatic rings. The van der Waals surface area contributed by atoms with Gasteiger partial charge in [0.15, 0.2) is 0 Å². The number of piperazine rings is 1. The molecule has 1 fully saturated rings. The van der Waals surface area contributed by atoms with E-state index in [9.17, 15) is 4.79 Å². The van der Waals surface area contributed by atoms with Gasteiger partial charge in [0, 0.05) is 44.8 Å². The largest absolute Gasteiger partial charge is 0.489 e. The fourth-order valence-electron chi connectivity index (χ4n) is 3.47. The maximum absolute atomic E-state index is 12.6. The zero-order chi connectivity index (χ0) is 19.9. The first-order valence-electron chi connectivity index (χ1n) is 10.1. The smallest absolute Gasteiger partial charge is 0.224 e. The van der Waals surface area contributed by atoms with Crippen molar-refractivity contribution < 1.29 is 9.53 Å². The number of benzene rings is 2. The van der Waals surface area contributed by atoms with E-state index < -0.39 is 0 Å². The number of nitrogens with zero attached hydrogens (tertiary/aromatic N) is 2. The number of amides is 1. The molecule has 0 bridgehead atoms. The van der Waals surface area contributed by atoms with Crippen LogP contribution in [0.5, 0.6) is 5.75 Å². The molecule has 2 aromatic rings. The first-order chi connectivity index (χ1) is 13.5. The molecule has 0 unspecified atom stereocenters. The van der Waals surface area contributed by atoms with Gasteiger partial charge in [-0.05, 0) is 50.6 Å². The number of nitrogens with one attached hydrogen (secondary N) is 1. The summed E-state index contributed by atoms with van der Waals surface area (Å²) in [7, 11) is 0. The second-order valence-electron chi connectivity index (χ2n) is 7.55. The summed E-state index contributed by atoms with van der Waals surface area (Å²) >= 11 is 0. The van der Waals surface area contributed by atoms with Crippen molar-refractivity contribution in [2.75, 3.05) is 42.9 Å². The van der Waals surface area contributed by atoms with Gasteiger partial charge in [0.1, 0.15) is 5.75 Å². The Morgan fingerprint density at radius 3 is 2.54 bits per heavy atom. The molecule has 1 N–H and O–H groups in total. The van der Waals surface area contributed by atoms with E-state index in [2.05, 4.69) is 41.4 Å². The van der Waals surface area contributed by atoms with Crippen LogP contribution in [0.15, 0.2) is 48.5 Å². The third kappa shape index (κ3) is 5.41. The number of ether oxygens (including phenoxy) is 1. The Balaban J connectivity index is 1.45. The summed E-state index contributed by atoms with van der Waals surface area (Å²) in [6.07, 6.45) is 0.606. The molecule has 0 saturated carbocycles. The first-order valence-corrected chi connectivity index (χ1v) is 10.1. The highest BCUT2D eigenvalue weighted by Crippen LogP contribution is 2.25. The summed E-state index contributed by atoms with van der Waals surface area (Å²) in [6, 6.07) is 16.4. The molecule has 1 amide bonds. The van der Waals surface area contributed by atoms with Gasteiger partial charge < -0.3 is 19.9 Å². The van der Waals surface area contributed by atoms with Crippen LogP contribution in [0.4, 0.5) is 11.4 Å². The summed E-state index contributed by atoms with van der Waals surface area (Å²) in [5, 5.41) is 3.35. The van der Waals surface area contributed by atoms with Crippen LogP contribution in [0.1, 0.15) is 25.8 Å². The monoisotopic (exact) mass is 381 g/mol. The van der Waals surface area contributed by atoms with E-state index in [1.807, 2.05) is 43.0 Å². The molecule has 3 rings (SSSR count). The van der Waals surface area contributed by atoms with Crippen molar-refractivity contribution >= 4 is 17.3 Å². The Bertz CT molecular complexity index is 783. The lowest BCUT2D eigenvalue weighted by Gasteiger charge is -2.36. The maximum atomic E-state index is 12.6. The zero-order valence-corrected chi connectivity index (χ0v) is 17.1. The number of hydrogen-bond acceptors (Lipinski definition) is 4. The number of aryl methyl sites for hydroxylation is 1. The van der Waals surface area contributed by atoms with E-state index in [-0.39, 0.29) is 12.0 Å². The van der Waals surface area contributed by atoms with E-state index in [0.717, 1.165) is 37.6 Å². The molecule has 5 nitrogen and oxygen atoms in total. The minimum atomic E-state index is 0.120. The fraction of sp³-hybridized carbons (Fsp3) is 0.435. The SMILES string of the molecule is Cc1cccc(N2CCN(C(=O)CCNc3ccccc3OC(C)C)CC2)c1. The summed E-state index contributed by atoms with van der Waals surface area (Å²) in [4.78, 5) is 16.9. The van der Waals surface area contributed by atoms with Gasteiger partial charge in [-0.1, -0.05) is 24.3 Å². The van der Waals surface area contributed by atoms with Crippen molar-refractivity contribution in [2.24, 2.45) is 0 Å². The van der Waals surface area contributed by atoms with Gasteiger partial charge in [-0.25, -0.2) is 0 Å². The number of para-hydroxylation sites is 2. The van der Waals surface area contributed by atoms with Crippen LogP contribution < -0.4 is 15.0 Å². The van der Waals surface area contributed by atoms with E-state index >= 15 is 0 Å². The van der Waals surface area contributed by atoms with E-state index in [0.29, 0.717) is 13.0 Å². The average Bonchev–Trinajstić information content (AvgIpc) is 2.69. The second kappa shape index (κ2) is 9.49. The van der Waals surface area contributed by atoms with Crippen LogP contribution in [0.3, 0.4) is 0 Å². The number of hydrogen-bond donors (Lipinski definition) is 1. The summed E-state index contributed by atoms with van der Waals surface area (Å²) in [5.74, 6) is 1.04. The number of carbonyl (C=O) groups is 1. The molecule has 150 valence electrons. The molecule has 28 heavy (non-hydrogen) atoms. The molecule has 0 aliphatic carbocycles. The predicted octanol–water partition coefficient (Wildman–Crippen LogP) is 3.93. The molecule has 0 radical (unpaired) electrons. The molecular weight excluding hydrogens is 350 g/mol. The number of anilines is 2. The molecule has 0 atom stereocenters. The Hall–Kier alpha value is -2.69. The lowest BCUT2D eigenvalue weighted by atomic mass is 10.2. The van der Waals surface area contributed by atoms with Gasteiger partial charge in [0.2, 0.25) is 5.91 Å². The molecule has 5 heteroatoms. The molecule has 0 aromatic heterocycles. The van der Waals surface area contributed by atoms with Crippen LogP contribution in [-0.4, -0.2) is 49.6 Å². The van der Waals surface area contributed by atoms with Crippen molar-refractivity contribution in [3.63, 3.8) is 0 Å². The van der Waals surface area contributed by atoms with Gasteiger partial charge in [-0.2, -0.15) is 0 Å². The minimum absolute atomic E-state index is 0.120. The van der Waals surface area contributed by atoms with Crippen molar-refractivity contribution in [2.45, 2.75) is 33.3 Å². The summed E-state index contributed by atoms with van der Waals surface area (Å²) < 4.78 is 5.82. The minimum Gasteiger partial charge on any atom is -0.489 e. The van der Waals surface area contributed by atoms with E-state index in [1.54, 1.807) is 0 Å². The molecule has 0 spiro atoms. The van der Waals surface area contributed by atoms with Crippen LogP contribution in [-0.2, 0) is 4.79 Å². The Kier molecular flexibility index (Phi) is 6.80. The van der Waals surface area contributed by atoms with Gasteiger partial charge in [-0.3, -0.25) is 4.79 Å². The standard InChI is InChI=1S/C23H31N3O2/c1-18(2)28-22-10-5-4-9-21(22)24-12-11-23(27)26-15-13-25(14-16-26)20-8-6-7-19(3)17-20/h4-10,17-18,24H,11-16H2,1-3H3. The topological polar surface area (TPSA) is 44.8 Å². The highest BCUT2D eigenvalue weighted by Gasteiger charge is 2.21. The Morgan fingerprint density at radius 1 is 1.07 bits per heavy atom. The highest BCUT2D eigenvalue weighted by molar-refractivity contribution is 5.77. The van der Waals surface area contributed by atoms with Crippen LogP contribution in [0.25, 0.3) is 0 Å². The Labute approximate surface area is 168 Å². The molecule has 1 aliphatic heterocycles. The average molecular weight is 382 g/mol. The van der Waals surface area contributed by atoms with E-state index in [1.165, 1.54) is 11.3 Å². The highest BCUT2D eigenvalue weighted by atomic mass is 16.5. The second-order valence-corrected chi connectivity index (χ2v) is 7.55. The summed E-state index contributed by atoms with van der Waals surface area (Å²) in [6.45, 7) is 10.1. The number of rotatable bonds is 7. The van der Waals surface area contributed by atoms with Crippen LogP contribution >= 0.6 is 0 Å². The van der Waals surface area contributed by atoms with E-state index in [4.69, 9.17) is 4.74 Å². The molecule has 1 saturated heterocycles. The quantitative estimate of drug-likeness (QED) is 0.789. The molecule has 2 aromatic carbocycles. The zero-order valence-electron chi connectivity index (χ0n) is 17.1. The van der Waals surface area contributed by atoms with Crippen molar-refractivity contribution in [1.29, 1.82) is 0 Å². The van der Waals surface area contributed by atoms with Crippen LogP contribution in [0, 0.1) is 6.92 Å².